The van der Waals surface area contributed by atoms with E-state index in [-0.39, 0.29) is 54.0 Å². The number of alkyl halides is 2. The zero-order valence-corrected chi connectivity index (χ0v) is 17.5. The second kappa shape index (κ2) is 8.43. The summed E-state index contributed by atoms with van der Waals surface area (Å²) >= 11 is 5.71. The van der Waals surface area contributed by atoms with Crippen molar-refractivity contribution in [1.29, 1.82) is 0 Å². The van der Waals surface area contributed by atoms with E-state index in [9.17, 15) is 28.0 Å². The third kappa shape index (κ3) is 4.14. The SMILES string of the molecule is [2H]c1c(CCC(=O)C(F)(F)c2ccc(Cl)cc2)cc2c(c1[2H])C(=O)N(C1CCC(=O)NC1=O)C2. The van der Waals surface area contributed by atoms with Crippen LogP contribution in [0.15, 0.2) is 42.4 Å². The molecule has 0 aromatic heterocycles. The molecule has 1 atom stereocenters. The van der Waals surface area contributed by atoms with Gasteiger partial charge in [-0.3, -0.25) is 24.5 Å². The van der Waals surface area contributed by atoms with E-state index >= 15 is 0 Å². The molecule has 1 saturated heterocycles. The first-order chi connectivity index (χ1) is 16.0. The average molecular weight is 463 g/mol. The summed E-state index contributed by atoms with van der Waals surface area (Å²) in [5.41, 5.74) is 0.0365. The van der Waals surface area contributed by atoms with Gasteiger partial charge in [0.1, 0.15) is 6.04 Å². The highest BCUT2D eigenvalue weighted by Gasteiger charge is 2.41. The second-order valence-electron chi connectivity index (χ2n) is 7.72. The molecule has 0 bridgehead atoms. The lowest BCUT2D eigenvalue weighted by Gasteiger charge is -2.29. The van der Waals surface area contributed by atoms with Crippen LogP contribution in [0.4, 0.5) is 8.78 Å². The number of nitrogens with zero attached hydrogens (tertiary/aromatic N) is 1. The zero-order valence-electron chi connectivity index (χ0n) is 18.7. The van der Waals surface area contributed by atoms with Gasteiger partial charge >= 0.3 is 5.92 Å². The first-order valence-corrected chi connectivity index (χ1v) is 10.3. The molecule has 2 aromatic carbocycles. The van der Waals surface area contributed by atoms with Gasteiger partial charge in [-0.25, -0.2) is 0 Å². The van der Waals surface area contributed by atoms with Gasteiger partial charge in [0, 0.05) is 35.5 Å². The summed E-state index contributed by atoms with van der Waals surface area (Å²) in [5, 5.41) is 2.44. The number of nitrogens with one attached hydrogen (secondary N) is 1. The van der Waals surface area contributed by atoms with Crippen molar-refractivity contribution in [3.8, 4) is 0 Å². The van der Waals surface area contributed by atoms with Gasteiger partial charge in [-0.15, -0.1) is 0 Å². The Kier molecular flexibility index (Phi) is 5.15. The number of benzene rings is 2. The summed E-state index contributed by atoms with van der Waals surface area (Å²) in [5.74, 6) is -6.72. The van der Waals surface area contributed by atoms with Gasteiger partial charge < -0.3 is 4.90 Å². The molecule has 1 unspecified atom stereocenters. The largest absolute Gasteiger partial charge is 0.330 e. The van der Waals surface area contributed by atoms with Gasteiger partial charge in [-0.2, -0.15) is 8.78 Å². The minimum atomic E-state index is -3.74. The van der Waals surface area contributed by atoms with Crippen LogP contribution in [0.1, 0.15) is 49.1 Å². The molecule has 4 rings (SSSR count). The highest BCUT2D eigenvalue weighted by molar-refractivity contribution is 6.30. The highest BCUT2D eigenvalue weighted by atomic mass is 35.5. The number of piperidine rings is 1. The summed E-state index contributed by atoms with van der Waals surface area (Å²) < 4.78 is 45.6. The molecule has 9 heteroatoms. The van der Waals surface area contributed by atoms with Crippen LogP contribution in [-0.4, -0.2) is 34.4 Å². The summed E-state index contributed by atoms with van der Waals surface area (Å²) in [7, 11) is 0. The van der Waals surface area contributed by atoms with E-state index in [1.54, 1.807) is 0 Å². The normalized spacial score (nSPS) is 19.4. The van der Waals surface area contributed by atoms with E-state index in [0.29, 0.717) is 5.56 Å². The van der Waals surface area contributed by atoms with E-state index in [1.165, 1.54) is 23.1 Å². The van der Waals surface area contributed by atoms with Gasteiger partial charge in [0.25, 0.3) is 5.91 Å². The lowest BCUT2D eigenvalue weighted by molar-refractivity contribution is -0.144. The Bertz CT molecular complexity index is 1220. The van der Waals surface area contributed by atoms with Crippen LogP contribution >= 0.6 is 11.6 Å². The number of hydrogen-bond donors (Lipinski definition) is 1. The fourth-order valence-electron chi connectivity index (χ4n) is 3.85. The summed E-state index contributed by atoms with van der Waals surface area (Å²) in [4.78, 5) is 50.0. The number of carbonyl (C=O) groups excluding carboxylic acids is 4. The number of halogens is 3. The number of ketones is 1. The van der Waals surface area contributed by atoms with Crippen molar-refractivity contribution in [2.24, 2.45) is 0 Å². The van der Waals surface area contributed by atoms with Crippen LogP contribution < -0.4 is 5.32 Å². The Hall–Kier alpha value is -3.13. The van der Waals surface area contributed by atoms with Gasteiger partial charge in [-0.1, -0.05) is 35.8 Å². The van der Waals surface area contributed by atoms with Gasteiger partial charge in [0.15, 0.2) is 0 Å². The van der Waals surface area contributed by atoms with Gasteiger partial charge in [0.2, 0.25) is 17.6 Å². The molecular weight excluding hydrogens is 442 g/mol. The van der Waals surface area contributed by atoms with Gasteiger partial charge in [0.05, 0.1) is 2.74 Å². The van der Waals surface area contributed by atoms with E-state index < -0.39 is 47.5 Å². The Balaban J connectivity index is 1.53. The molecule has 32 heavy (non-hydrogen) atoms. The molecule has 0 aliphatic carbocycles. The predicted octanol–water partition coefficient (Wildman–Crippen LogP) is 3.39. The zero-order chi connectivity index (χ0) is 24.8. The number of imide groups is 1. The molecule has 6 nitrogen and oxygen atoms in total. The predicted molar refractivity (Wildman–Crippen MR) is 111 cm³/mol. The number of amides is 3. The van der Waals surface area contributed by atoms with E-state index in [0.717, 1.165) is 12.1 Å². The van der Waals surface area contributed by atoms with Crippen LogP contribution in [0.25, 0.3) is 0 Å². The Morgan fingerprint density at radius 2 is 1.94 bits per heavy atom. The van der Waals surface area contributed by atoms with E-state index in [2.05, 4.69) is 5.32 Å². The lowest BCUT2D eigenvalue weighted by atomic mass is 9.97. The Labute approximate surface area is 190 Å². The summed E-state index contributed by atoms with van der Waals surface area (Å²) in [6, 6.07) is 4.52. The Morgan fingerprint density at radius 3 is 2.62 bits per heavy atom. The molecule has 2 aliphatic rings. The van der Waals surface area contributed by atoms with E-state index in [1.807, 2.05) is 0 Å². The maximum absolute atomic E-state index is 14.6. The van der Waals surface area contributed by atoms with E-state index in [4.69, 9.17) is 14.3 Å². The smallest absolute Gasteiger partial charge is 0.322 e. The molecule has 3 amide bonds. The molecule has 1 N–H and O–H groups in total. The molecular formula is C23H19ClF2N2O4. The topological polar surface area (TPSA) is 83.6 Å². The molecule has 0 spiro atoms. The van der Waals surface area contributed by atoms with Crippen molar-refractivity contribution in [2.45, 2.75) is 44.2 Å². The number of hydrogen-bond acceptors (Lipinski definition) is 4. The van der Waals surface area contributed by atoms with Crippen LogP contribution in [0.5, 0.6) is 0 Å². The van der Waals surface area contributed by atoms with Crippen molar-refractivity contribution in [3.63, 3.8) is 0 Å². The average Bonchev–Trinajstić information content (AvgIpc) is 3.11. The standard InChI is InChI=1S/C23H19ClF2N2O4/c24-16-5-3-15(4-6-16)23(25,26)19(29)9-2-13-1-7-17-14(11-13)12-28(22(17)32)18-8-10-20(30)27-21(18)31/h1,3-7,11,18H,2,8-10,12H2,(H,27,30,31)/i1D,7D. The quantitative estimate of drug-likeness (QED) is 0.667. The molecule has 2 aromatic rings. The van der Waals surface area contributed by atoms with Crippen LogP contribution in [-0.2, 0) is 33.3 Å². The monoisotopic (exact) mass is 462 g/mol. The number of rotatable bonds is 6. The molecule has 166 valence electrons. The van der Waals surface area contributed by atoms with Crippen molar-refractivity contribution in [1.82, 2.24) is 10.2 Å². The van der Waals surface area contributed by atoms with Crippen molar-refractivity contribution in [2.75, 3.05) is 0 Å². The number of Topliss-reactive ketones (excluding diaryl/α,β-unsaturated/α-hetero) is 1. The van der Waals surface area contributed by atoms with Crippen molar-refractivity contribution in [3.05, 3.63) is 69.7 Å². The first kappa shape index (κ1) is 19.5. The van der Waals surface area contributed by atoms with Crippen LogP contribution in [0, 0.1) is 0 Å². The Morgan fingerprint density at radius 1 is 1.22 bits per heavy atom. The minimum Gasteiger partial charge on any atom is -0.322 e. The molecule has 2 heterocycles. The third-order valence-electron chi connectivity index (χ3n) is 5.60. The second-order valence-corrected chi connectivity index (χ2v) is 8.16. The number of fused-ring (bicyclic) bond motifs is 1. The minimum absolute atomic E-state index is 0.0194. The highest BCUT2D eigenvalue weighted by Crippen LogP contribution is 2.32. The molecule has 1 fully saturated rings. The van der Waals surface area contributed by atoms with Gasteiger partial charge in [-0.05, 0) is 42.1 Å². The maximum Gasteiger partial charge on any atom is 0.330 e. The third-order valence-corrected chi connectivity index (χ3v) is 5.85. The molecule has 2 aliphatic heterocycles. The summed E-state index contributed by atoms with van der Waals surface area (Å²) in [6.45, 7) is -0.0194. The summed E-state index contributed by atoms with van der Waals surface area (Å²) in [6.07, 6.45) is -0.576. The van der Waals surface area contributed by atoms with Crippen LogP contribution in [0.2, 0.25) is 5.02 Å². The maximum atomic E-state index is 14.6. The fraction of sp³-hybridized carbons (Fsp3) is 0.304. The first-order valence-electron chi connectivity index (χ1n) is 10.9. The molecule has 0 radical (unpaired) electrons. The number of carbonyl (C=O) groups is 4. The fourth-order valence-corrected chi connectivity index (χ4v) is 3.97. The van der Waals surface area contributed by atoms with Crippen molar-refractivity contribution >= 4 is 35.1 Å². The van der Waals surface area contributed by atoms with Crippen LogP contribution in [0.3, 0.4) is 0 Å². The molecule has 0 saturated carbocycles. The number of aryl methyl sites for hydroxylation is 1. The lowest BCUT2D eigenvalue weighted by Crippen LogP contribution is -2.52. The van der Waals surface area contributed by atoms with Crippen molar-refractivity contribution < 1.29 is 30.7 Å².